The summed E-state index contributed by atoms with van der Waals surface area (Å²) in [6.45, 7) is 0.843. The van der Waals surface area contributed by atoms with Crippen LogP contribution in [0.2, 0.25) is 0 Å². The highest BCUT2D eigenvalue weighted by Gasteiger charge is 2.41. The molecule has 8 heteroatoms. The van der Waals surface area contributed by atoms with Crippen molar-refractivity contribution in [2.24, 2.45) is 0 Å². The molecule has 1 fully saturated rings. The lowest BCUT2D eigenvalue weighted by Gasteiger charge is -2.13. The predicted molar refractivity (Wildman–Crippen MR) is 75.3 cm³/mol. The van der Waals surface area contributed by atoms with E-state index >= 15 is 0 Å². The van der Waals surface area contributed by atoms with E-state index in [1.54, 1.807) is 23.1 Å². The summed E-state index contributed by atoms with van der Waals surface area (Å²) in [6, 6.07) is 1.81. The lowest BCUT2D eigenvalue weighted by atomic mass is 10.4. The Balaban J connectivity index is 1.78. The monoisotopic (exact) mass is 277 g/mol. The zero-order valence-electron chi connectivity index (χ0n) is 10.6. The van der Waals surface area contributed by atoms with Gasteiger partial charge in [-0.05, 0) is 25.2 Å². The number of rotatable bonds is 5. The third-order valence-electron chi connectivity index (χ3n) is 3.16. The zero-order chi connectivity index (χ0) is 13.3. The number of hydrogen-bond acceptors (Lipinski definition) is 7. The molecule has 1 aliphatic rings. The molecule has 0 spiro atoms. The van der Waals surface area contributed by atoms with Crippen molar-refractivity contribution in [1.82, 2.24) is 24.7 Å². The van der Waals surface area contributed by atoms with Crippen LogP contribution in [0, 0.1) is 0 Å². The molecule has 2 heterocycles. The van der Waals surface area contributed by atoms with Gasteiger partial charge in [-0.3, -0.25) is 0 Å². The Hall–Kier alpha value is -1.83. The van der Waals surface area contributed by atoms with Crippen LogP contribution in [0.5, 0.6) is 0 Å². The Morgan fingerprint density at radius 2 is 2.26 bits per heavy atom. The highest BCUT2D eigenvalue weighted by Crippen LogP contribution is 2.46. The van der Waals surface area contributed by atoms with Crippen LogP contribution in [0.1, 0.15) is 12.8 Å². The van der Waals surface area contributed by atoms with E-state index in [-0.39, 0.29) is 5.95 Å². The molecule has 3 N–H and O–H groups in total. The van der Waals surface area contributed by atoms with E-state index in [2.05, 4.69) is 31.6 Å². The summed E-state index contributed by atoms with van der Waals surface area (Å²) in [4.78, 5) is 12.5. The third kappa shape index (κ3) is 2.62. The Labute approximate surface area is 115 Å². The minimum Gasteiger partial charge on any atom is -0.368 e. The van der Waals surface area contributed by atoms with Gasteiger partial charge in [-0.25, -0.2) is 4.68 Å². The fourth-order valence-electron chi connectivity index (χ4n) is 1.78. The Kier molecular flexibility index (Phi) is 3.02. The van der Waals surface area contributed by atoms with Gasteiger partial charge < -0.3 is 11.1 Å². The fraction of sp³-hybridized carbons (Fsp3) is 0.455. The van der Waals surface area contributed by atoms with Gasteiger partial charge in [0.25, 0.3) is 5.95 Å². The van der Waals surface area contributed by atoms with Gasteiger partial charge in [-0.1, -0.05) is 0 Å². The molecular formula is C11H15N7S. The smallest absolute Gasteiger partial charge is 0.257 e. The number of aromatic nitrogens is 5. The SMILES string of the molecule is CSC1(CNc2nc(N)nc(-n3cccn3)n2)CC1. The molecule has 0 radical (unpaired) electrons. The molecular weight excluding hydrogens is 262 g/mol. The van der Waals surface area contributed by atoms with Crippen molar-refractivity contribution in [3.05, 3.63) is 18.5 Å². The van der Waals surface area contributed by atoms with E-state index in [1.807, 2.05) is 11.8 Å². The zero-order valence-corrected chi connectivity index (χ0v) is 11.4. The second-order valence-electron chi connectivity index (χ2n) is 4.51. The molecule has 0 aromatic carbocycles. The van der Waals surface area contributed by atoms with Gasteiger partial charge in [0.15, 0.2) is 0 Å². The van der Waals surface area contributed by atoms with Crippen molar-refractivity contribution in [3.8, 4) is 5.95 Å². The maximum Gasteiger partial charge on any atom is 0.257 e. The van der Waals surface area contributed by atoms with Crippen molar-refractivity contribution in [1.29, 1.82) is 0 Å². The maximum absolute atomic E-state index is 5.70. The quantitative estimate of drug-likeness (QED) is 0.840. The topological polar surface area (TPSA) is 94.5 Å². The molecule has 7 nitrogen and oxygen atoms in total. The first kappa shape index (κ1) is 12.2. The summed E-state index contributed by atoms with van der Waals surface area (Å²) >= 11 is 1.88. The molecule has 1 aliphatic carbocycles. The van der Waals surface area contributed by atoms with Crippen LogP contribution < -0.4 is 11.1 Å². The van der Waals surface area contributed by atoms with Crippen LogP contribution in [0.3, 0.4) is 0 Å². The average Bonchev–Trinajstić information content (AvgIpc) is 2.98. The highest BCUT2D eigenvalue weighted by molar-refractivity contribution is 8.00. The third-order valence-corrected chi connectivity index (χ3v) is 4.58. The molecule has 3 rings (SSSR count). The Morgan fingerprint density at radius 3 is 2.89 bits per heavy atom. The number of nitrogen functional groups attached to an aromatic ring is 1. The van der Waals surface area contributed by atoms with Crippen LogP contribution in [0.15, 0.2) is 18.5 Å². The summed E-state index contributed by atoms with van der Waals surface area (Å²) < 4.78 is 1.90. The minimum absolute atomic E-state index is 0.192. The summed E-state index contributed by atoms with van der Waals surface area (Å²) in [7, 11) is 0. The Morgan fingerprint density at radius 1 is 1.42 bits per heavy atom. The van der Waals surface area contributed by atoms with Gasteiger partial charge >= 0.3 is 0 Å². The van der Waals surface area contributed by atoms with E-state index in [0.29, 0.717) is 16.6 Å². The van der Waals surface area contributed by atoms with Crippen molar-refractivity contribution in [2.75, 3.05) is 23.9 Å². The van der Waals surface area contributed by atoms with Crippen molar-refractivity contribution < 1.29 is 0 Å². The summed E-state index contributed by atoms with van der Waals surface area (Å²) in [6.07, 6.45) is 8.02. The molecule has 0 unspecified atom stereocenters. The molecule has 100 valence electrons. The predicted octanol–water partition coefficient (Wildman–Crippen LogP) is 0.947. The highest BCUT2D eigenvalue weighted by atomic mass is 32.2. The van der Waals surface area contributed by atoms with E-state index in [4.69, 9.17) is 5.73 Å². The average molecular weight is 277 g/mol. The van der Waals surface area contributed by atoms with Gasteiger partial charge in [0.05, 0.1) is 0 Å². The number of nitrogens with two attached hydrogens (primary N) is 1. The van der Waals surface area contributed by atoms with Gasteiger partial charge in [0.1, 0.15) is 0 Å². The molecule has 2 aromatic rings. The van der Waals surface area contributed by atoms with Crippen LogP contribution in [0.25, 0.3) is 5.95 Å². The van der Waals surface area contributed by atoms with Crippen LogP contribution >= 0.6 is 11.8 Å². The molecule has 19 heavy (non-hydrogen) atoms. The minimum atomic E-state index is 0.192. The normalized spacial score (nSPS) is 16.3. The molecule has 0 bridgehead atoms. The maximum atomic E-state index is 5.70. The molecule has 0 atom stereocenters. The van der Waals surface area contributed by atoms with Crippen LogP contribution in [-0.2, 0) is 0 Å². The first-order valence-corrected chi connectivity index (χ1v) is 7.24. The standard InChI is InChI=1S/C11H15N7S/c1-19-11(3-4-11)7-13-9-15-8(12)16-10(17-9)18-6-2-5-14-18/h2,5-6H,3-4,7H2,1H3,(H3,12,13,15,16,17). The van der Waals surface area contributed by atoms with Gasteiger partial charge in [-0.15, -0.1) is 0 Å². The molecule has 0 saturated heterocycles. The van der Waals surface area contributed by atoms with E-state index < -0.39 is 0 Å². The van der Waals surface area contributed by atoms with Gasteiger partial charge in [0.2, 0.25) is 11.9 Å². The summed E-state index contributed by atoms with van der Waals surface area (Å²) in [5.41, 5.74) is 5.70. The van der Waals surface area contributed by atoms with E-state index in [9.17, 15) is 0 Å². The fourth-order valence-corrected chi connectivity index (χ4v) is 2.51. The van der Waals surface area contributed by atoms with E-state index in [0.717, 1.165) is 6.54 Å². The number of thioether (sulfide) groups is 1. The van der Waals surface area contributed by atoms with E-state index in [1.165, 1.54) is 12.8 Å². The largest absolute Gasteiger partial charge is 0.368 e. The van der Waals surface area contributed by atoms with Crippen molar-refractivity contribution in [2.45, 2.75) is 17.6 Å². The number of hydrogen-bond donors (Lipinski definition) is 2. The number of anilines is 2. The van der Waals surface area contributed by atoms with Crippen molar-refractivity contribution in [3.63, 3.8) is 0 Å². The second kappa shape index (κ2) is 4.69. The second-order valence-corrected chi connectivity index (χ2v) is 5.78. The lowest BCUT2D eigenvalue weighted by Crippen LogP contribution is -2.20. The first-order chi connectivity index (χ1) is 9.21. The number of nitrogens with one attached hydrogen (secondary N) is 1. The molecule has 1 saturated carbocycles. The van der Waals surface area contributed by atoms with Crippen LogP contribution in [-0.4, -0.2) is 42.3 Å². The number of nitrogens with zero attached hydrogens (tertiary/aromatic N) is 5. The molecule has 0 aliphatic heterocycles. The first-order valence-electron chi connectivity index (χ1n) is 6.01. The summed E-state index contributed by atoms with van der Waals surface area (Å²) in [5.74, 6) is 1.12. The molecule has 2 aromatic heterocycles. The summed E-state index contributed by atoms with van der Waals surface area (Å²) in [5, 5.41) is 7.32. The lowest BCUT2D eigenvalue weighted by molar-refractivity contribution is 0.796. The van der Waals surface area contributed by atoms with Crippen LogP contribution in [0.4, 0.5) is 11.9 Å². The Bertz CT molecular complexity index is 564. The van der Waals surface area contributed by atoms with Gasteiger partial charge in [0, 0.05) is 23.7 Å². The molecule has 0 amide bonds. The van der Waals surface area contributed by atoms with Gasteiger partial charge in [-0.2, -0.15) is 31.8 Å². The van der Waals surface area contributed by atoms with Crippen molar-refractivity contribution >= 4 is 23.7 Å².